The lowest BCUT2D eigenvalue weighted by Crippen LogP contribution is -2.14. The summed E-state index contributed by atoms with van der Waals surface area (Å²) in [5, 5.41) is 12.8. The Kier molecular flexibility index (Phi) is 7.03. The topological polar surface area (TPSA) is 81.9 Å². The number of thioether (sulfide) groups is 1. The molecule has 0 aliphatic carbocycles. The molecule has 1 N–H and O–H groups in total. The third-order valence-corrected chi connectivity index (χ3v) is 5.60. The number of hydrogen-bond acceptors (Lipinski definition) is 6. The van der Waals surface area contributed by atoms with Gasteiger partial charge < -0.3 is 10.1 Å². The van der Waals surface area contributed by atoms with Crippen molar-refractivity contribution in [3.8, 4) is 22.8 Å². The van der Waals surface area contributed by atoms with Crippen LogP contribution in [0.15, 0.2) is 78.2 Å². The van der Waals surface area contributed by atoms with E-state index in [2.05, 4.69) is 20.5 Å². The SMILES string of the molecule is CCOc1ccc(NC(=O)CSc2nnc(-c3cccnc3)n2-c2ccc(Cl)cc2)cc1. The van der Waals surface area contributed by atoms with Crippen molar-refractivity contribution in [1.82, 2.24) is 19.7 Å². The van der Waals surface area contributed by atoms with E-state index < -0.39 is 0 Å². The number of aromatic nitrogens is 4. The molecule has 0 fully saturated rings. The molecule has 0 atom stereocenters. The molecule has 4 aromatic rings. The summed E-state index contributed by atoms with van der Waals surface area (Å²) in [4.78, 5) is 16.7. The van der Waals surface area contributed by atoms with E-state index in [1.807, 2.05) is 60.0 Å². The molecule has 1 amide bonds. The lowest BCUT2D eigenvalue weighted by Gasteiger charge is -2.11. The predicted octanol–water partition coefficient (Wildman–Crippen LogP) is 5.11. The van der Waals surface area contributed by atoms with Crippen LogP contribution in [0.25, 0.3) is 17.1 Å². The number of hydrogen-bond donors (Lipinski definition) is 1. The maximum atomic E-state index is 12.5. The Bertz CT molecular complexity index is 1180. The van der Waals surface area contributed by atoms with Gasteiger partial charge in [0.15, 0.2) is 11.0 Å². The van der Waals surface area contributed by atoms with Crippen LogP contribution in [-0.2, 0) is 4.79 Å². The second kappa shape index (κ2) is 10.3. The lowest BCUT2D eigenvalue weighted by molar-refractivity contribution is -0.113. The number of carbonyl (C=O) groups is 1. The highest BCUT2D eigenvalue weighted by Gasteiger charge is 2.17. The average Bonchev–Trinajstić information content (AvgIpc) is 3.24. The number of benzene rings is 2. The van der Waals surface area contributed by atoms with Gasteiger partial charge in [0.1, 0.15) is 5.75 Å². The molecule has 2 aromatic heterocycles. The smallest absolute Gasteiger partial charge is 0.234 e. The molecule has 2 aromatic carbocycles. The van der Waals surface area contributed by atoms with Crippen molar-refractivity contribution in [2.75, 3.05) is 17.7 Å². The minimum atomic E-state index is -0.146. The van der Waals surface area contributed by atoms with Gasteiger partial charge in [-0.25, -0.2) is 0 Å². The monoisotopic (exact) mass is 465 g/mol. The second-order valence-corrected chi connectivity index (χ2v) is 8.03. The van der Waals surface area contributed by atoms with Crippen molar-refractivity contribution < 1.29 is 9.53 Å². The quantitative estimate of drug-likeness (QED) is 0.364. The Morgan fingerprint density at radius 1 is 1.09 bits per heavy atom. The van der Waals surface area contributed by atoms with Crippen molar-refractivity contribution in [3.05, 3.63) is 78.1 Å². The van der Waals surface area contributed by atoms with Crippen LogP contribution in [0.3, 0.4) is 0 Å². The molecular weight excluding hydrogens is 446 g/mol. The van der Waals surface area contributed by atoms with Crippen molar-refractivity contribution in [1.29, 1.82) is 0 Å². The summed E-state index contributed by atoms with van der Waals surface area (Å²) in [6.07, 6.45) is 3.43. The second-order valence-electron chi connectivity index (χ2n) is 6.65. The fraction of sp³-hybridized carbons (Fsp3) is 0.130. The molecule has 0 aliphatic heterocycles. The van der Waals surface area contributed by atoms with E-state index >= 15 is 0 Å². The maximum absolute atomic E-state index is 12.5. The number of halogens is 1. The number of pyridine rings is 1. The number of nitrogens with zero attached hydrogens (tertiary/aromatic N) is 4. The largest absolute Gasteiger partial charge is 0.494 e. The summed E-state index contributed by atoms with van der Waals surface area (Å²) in [5.41, 5.74) is 2.36. The van der Waals surface area contributed by atoms with Crippen LogP contribution in [0.4, 0.5) is 5.69 Å². The van der Waals surface area contributed by atoms with Crippen LogP contribution in [0.1, 0.15) is 6.92 Å². The minimum Gasteiger partial charge on any atom is -0.494 e. The fourth-order valence-corrected chi connectivity index (χ4v) is 3.87. The van der Waals surface area contributed by atoms with Crippen LogP contribution in [0.5, 0.6) is 5.75 Å². The van der Waals surface area contributed by atoms with Crippen LogP contribution < -0.4 is 10.1 Å². The summed E-state index contributed by atoms with van der Waals surface area (Å²) in [6, 6.07) is 18.4. The normalized spacial score (nSPS) is 10.7. The zero-order valence-corrected chi connectivity index (χ0v) is 18.8. The predicted molar refractivity (Wildman–Crippen MR) is 127 cm³/mol. The standard InChI is InChI=1S/C23H20ClN5O2S/c1-2-31-20-11-7-18(8-12-20)26-21(30)15-32-23-28-27-22(16-4-3-13-25-14-16)29(23)19-9-5-17(24)6-10-19/h3-14H,2,15H2,1H3,(H,26,30). The number of carbonyl (C=O) groups excluding carboxylic acids is 1. The summed E-state index contributed by atoms with van der Waals surface area (Å²) in [6.45, 7) is 2.52. The van der Waals surface area contributed by atoms with Gasteiger partial charge in [0.2, 0.25) is 5.91 Å². The highest BCUT2D eigenvalue weighted by atomic mass is 35.5. The van der Waals surface area contributed by atoms with Crippen LogP contribution in [0, 0.1) is 0 Å². The molecule has 0 bridgehead atoms. The molecular formula is C23H20ClN5O2S. The molecule has 0 aliphatic rings. The highest BCUT2D eigenvalue weighted by Crippen LogP contribution is 2.28. The first-order valence-electron chi connectivity index (χ1n) is 9.91. The Morgan fingerprint density at radius 3 is 2.56 bits per heavy atom. The summed E-state index contributed by atoms with van der Waals surface area (Å²) < 4.78 is 7.32. The van der Waals surface area contributed by atoms with Crippen molar-refractivity contribution >= 4 is 35.0 Å². The Labute approximate surface area is 194 Å². The summed E-state index contributed by atoms with van der Waals surface area (Å²) >= 11 is 7.36. The van der Waals surface area contributed by atoms with Crippen molar-refractivity contribution in [2.24, 2.45) is 0 Å². The highest BCUT2D eigenvalue weighted by molar-refractivity contribution is 7.99. The van der Waals surface area contributed by atoms with E-state index in [-0.39, 0.29) is 11.7 Å². The van der Waals surface area contributed by atoms with Gasteiger partial charge in [-0.05, 0) is 67.6 Å². The molecule has 2 heterocycles. The molecule has 162 valence electrons. The van der Waals surface area contributed by atoms with Gasteiger partial charge in [0, 0.05) is 34.4 Å². The van der Waals surface area contributed by atoms with Gasteiger partial charge in [0.25, 0.3) is 0 Å². The van der Waals surface area contributed by atoms with E-state index in [0.29, 0.717) is 28.3 Å². The summed E-state index contributed by atoms with van der Waals surface area (Å²) in [5.74, 6) is 1.42. The molecule has 0 unspecified atom stereocenters. The first-order chi connectivity index (χ1) is 15.6. The number of ether oxygens (including phenoxy) is 1. The molecule has 0 saturated carbocycles. The van der Waals surface area contributed by atoms with E-state index in [4.69, 9.17) is 16.3 Å². The maximum Gasteiger partial charge on any atom is 0.234 e. The molecule has 0 radical (unpaired) electrons. The van der Waals surface area contributed by atoms with Gasteiger partial charge in [-0.2, -0.15) is 0 Å². The molecule has 9 heteroatoms. The minimum absolute atomic E-state index is 0.146. The Morgan fingerprint density at radius 2 is 1.88 bits per heavy atom. The molecule has 4 rings (SSSR count). The molecule has 7 nitrogen and oxygen atoms in total. The van der Waals surface area contributed by atoms with E-state index in [1.54, 1.807) is 24.5 Å². The fourth-order valence-electron chi connectivity index (χ4n) is 3.00. The lowest BCUT2D eigenvalue weighted by atomic mass is 10.2. The first-order valence-corrected chi connectivity index (χ1v) is 11.3. The molecule has 32 heavy (non-hydrogen) atoms. The zero-order valence-electron chi connectivity index (χ0n) is 17.2. The van der Waals surface area contributed by atoms with E-state index in [1.165, 1.54) is 11.8 Å². The first kappa shape index (κ1) is 21.9. The third kappa shape index (κ3) is 5.27. The van der Waals surface area contributed by atoms with Crippen LogP contribution in [0.2, 0.25) is 5.02 Å². The van der Waals surface area contributed by atoms with Gasteiger partial charge >= 0.3 is 0 Å². The van der Waals surface area contributed by atoms with Gasteiger partial charge in [-0.15, -0.1) is 10.2 Å². The van der Waals surface area contributed by atoms with Crippen LogP contribution in [-0.4, -0.2) is 38.0 Å². The molecule has 0 spiro atoms. The van der Waals surface area contributed by atoms with Crippen molar-refractivity contribution in [2.45, 2.75) is 12.1 Å². The van der Waals surface area contributed by atoms with E-state index in [9.17, 15) is 4.79 Å². The number of amides is 1. The van der Waals surface area contributed by atoms with Gasteiger partial charge in [0.05, 0.1) is 12.4 Å². The zero-order chi connectivity index (χ0) is 22.3. The summed E-state index contributed by atoms with van der Waals surface area (Å²) in [7, 11) is 0. The van der Waals surface area contributed by atoms with Gasteiger partial charge in [-0.1, -0.05) is 23.4 Å². The Hall–Kier alpha value is -3.36. The average molecular weight is 466 g/mol. The number of anilines is 1. The molecule has 0 saturated heterocycles. The Balaban J connectivity index is 1.52. The van der Waals surface area contributed by atoms with E-state index in [0.717, 1.165) is 17.0 Å². The number of rotatable bonds is 8. The van der Waals surface area contributed by atoms with Crippen molar-refractivity contribution in [3.63, 3.8) is 0 Å². The van der Waals surface area contributed by atoms with Crippen LogP contribution >= 0.6 is 23.4 Å². The number of nitrogens with one attached hydrogen (secondary N) is 1. The van der Waals surface area contributed by atoms with Gasteiger partial charge in [-0.3, -0.25) is 14.3 Å². The third-order valence-electron chi connectivity index (χ3n) is 4.42.